The Labute approximate surface area is 77.4 Å². The summed E-state index contributed by atoms with van der Waals surface area (Å²) in [5.41, 5.74) is 2.54. The Morgan fingerprint density at radius 2 is 1.17 bits per heavy atom. The number of hydrogen-bond donors (Lipinski definition) is 0. The number of allylic oxidation sites excluding steroid dienone is 2. The van der Waals surface area contributed by atoms with Gasteiger partial charge in [-0.05, 0) is 25.7 Å². The van der Waals surface area contributed by atoms with E-state index in [1.165, 1.54) is 36.8 Å². The zero-order valence-electron chi connectivity index (χ0n) is 8.66. The van der Waals surface area contributed by atoms with E-state index in [4.69, 9.17) is 0 Å². The van der Waals surface area contributed by atoms with Gasteiger partial charge in [0.1, 0.15) is 0 Å². The molecule has 0 radical (unpaired) electrons. The maximum absolute atomic E-state index is 4.05. The first kappa shape index (κ1) is 11.5. The minimum absolute atomic E-state index is 1.14. The lowest BCUT2D eigenvalue weighted by Crippen LogP contribution is -1.87. The van der Waals surface area contributed by atoms with Crippen LogP contribution in [-0.2, 0) is 0 Å². The monoisotopic (exact) mass is 166 g/mol. The van der Waals surface area contributed by atoms with Gasteiger partial charge in [-0.15, -0.1) is 0 Å². The Morgan fingerprint density at radius 1 is 0.833 bits per heavy atom. The molecule has 0 aromatic rings. The quantitative estimate of drug-likeness (QED) is 0.489. The fraction of sp³-hybridized carbons (Fsp3) is 0.667. The van der Waals surface area contributed by atoms with Crippen molar-refractivity contribution in [2.24, 2.45) is 0 Å². The molecule has 0 fully saturated rings. The summed E-state index contributed by atoms with van der Waals surface area (Å²) in [5, 5.41) is 0. The van der Waals surface area contributed by atoms with E-state index >= 15 is 0 Å². The van der Waals surface area contributed by atoms with E-state index < -0.39 is 0 Å². The summed E-state index contributed by atoms with van der Waals surface area (Å²) >= 11 is 0. The SMILES string of the molecule is C=C(CCCC)C(=C)CCCC. The van der Waals surface area contributed by atoms with E-state index in [1.807, 2.05) is 0 Å². The first-order chi connectivity index (χ1) is 5.72. The number of hydrogen-bond acceptors (Lipinski definition) is 0. The molecule has 0 amide bonds. The Hall–Kier alpha value is -0.520. The molecule has 12 heavy (non-hydrogen) atoms. The predicted molar refractivity (Wildman–Crippen MR) is 57.3 cm³/mol. The molecule has 0 aliphatic rings. The van der Waals surface area contributed by atoms with Gasteiger partial charge in [0.2, 0.25) is 0 Å². The van der Waals surface area contributed by atoms with Crippen molar-refractivity contribution in [3.8, 4) is 0 Å². The smallest absolute Gasteiger partial charge is 0.0282 e. The number of unbranched alkanes of at least 4 members (excludes halogenated alkanes) is 2. The second-order valence-corrected chi connectivity index (χ2v) is 3.41. The molecule has 0 nitrogen and oxygen atoms in total. The number of rotatable bonds is 7. The van der Waals surface area contributed by atoms with Gasteiger partial charge in [-0.1, -0.05) is 51.0 Å². The third-order valence-electron chi connectivity index (χ3n) is 2.16. The van der Waals surface area contributed by atoms with Crippen LogP contribution >= 0.6 is 0 Å². The zero-order valence-corrected chi connectivity index (χ0v) is 8.66. The summed E-state index contributed by atoms with van der Waals surface area (Å²) in [7, 11) is 0. The zero-order chi connectivity index (χ0) is 9.40. The van der Waals surface area contributed by atoms with Gasteiger partial charge in [0.05, 0.1) is 0 Å². The molecule has 0 heteroatoms. The average molecular weight is 166 g/mol. The maximum atomic E-state index is 4.05. The van der Waals surface area contributed by atoms with Crippen molar-refractivity contribution in [3.63, 3.8) is 0 Å². The van der Waals surface area contributed by atoms with E-state index in [1.54, 1.807) is 0 Å². The topological polar surface area (TPSA) is 0 Å². The molecule has 0 aromatic heterocycles. The highest BCUT2D eigenvalue weighted by atomic mass is 14.0. The van der Waals surface area contributed by atoms with Gasteiger partial charge in [0.15, 0.2) is 0 Å². The van der Waals surface area contributed by atoms with Gasteiger partial charge in [-0.2, -0.15) is 0 Å². The molecule has 0 heterocycles. The van der Waals surface area contributed by atoms with Crippen LogP contribution < -0.4 is 0 Å². The molecule has 0 spiro atoms. The van der Waals surface area contributed by atoms with Crippen molar-refractivity contribution in [2.75, 3.05) is 0 Å². The van der Waals surface area contributed by atoms with Crippen LogP contribution in [-0.4, -0.2) is 0 Å². The van der Waals surface area contributed by atoms with E-state index in [0.717, 1.165) is 12.8 Å². The van der Waals surface area contributed by atoms with Crippen LogP contribution in [0, 0.1) is 0 Å². The fourth-order valence-corrected chi connectivity index (χ4v) is 1.13. The van der Waals surface area contributed by atoms with E-state index in [9.17, 15) is 0 Å². The molecule has 0 saturated carbocycles. The molecule has 0 rings (SSSR count). The normalized spacial score (nSPS) is 9.83. The largest absolute Gasteiger partial charge is 0.0956 e. The molecular weight excluding hydrogens is 144 g/mol. The van der Waals surface area contributed by atoms with Crippen molar-refractivity contribution < 1.29 is 0 Å². The van der Waals surface area contributed by atoms with Crippen LogP contribution in [0.4, 0.5) is 0 Å². The molecule has 0 bridgehead atoms. The summed E-state index contributed by atoms with van der Waals surface area (Å²) in [4.78, 5) is 0. The lowest BCUT2D eigenvalue weighted by molar-refractivity contribution is 0.756. The standard InChI is InChI=1S/C12H22/c1-5-7-9-11(3)12(4)10-8-6-2/h3-10H2,1-2H3. The predicted octanol–water partition coefficient (Wildman–Crippen LogP) is 4.48. The second-order valence-electron chi connectivity index (χ2n) is 3.41. The molecule has 0 aliphatic carbocycles. The van der Waals surface area contributed by atoms with Crippen LogP contribution in [0.2, 0.25) is 0 Å². The average Bonchev–Trinajstić information content (AvgIpc) is 2.10. The maximum Gasteiger partial charge on any atom is -0.0282 e. The first-order valence-electron chi connectivity index (χ1n) is 5.08. The Balaban J connectivity index is 3.55. The summed E-state index contributed by atoms with van der Waals surface area (Å²) in [6, 6.07) is 0. The molecule has 0 unspecified atom stereocenters. The van der Waals surface area contributed by atoms with Gasteiger partial charge >= 0.3 is 0 Å². The minimum Gasteiger partial charge on any atom is -0.0956 e. The van der Waals surface area contributed by atoms with Gasteiger partial charge in [-0.25, -0.2) is 0 Å². The summed E-state index contributed by atoms with van der Waals surface area (Å²) in [6.07, 6.45) is 7.28. The molecule has 0 aliphatic heterocycles. The first-order valence-corrected chi connectivity index (χ1v) is 5.08. The highest BCUT2D eigenvalue weighted by Gasteiger charge is 1.98. The third kappa shape index (κ3) is 5.17. The Kier molecular flexibility index (Phi) is 6.84. The Morgan fingerprint density at radius 3 is 1.42 bits per heavy atom. The molecule has 70 valence electrons. The Bertz CT molecular complexity index is 124. The van der Waals surface area contributed by atoms with E-state index in [-0.39, 0.29) is 0 Å². The summed E-state index contributed by atoms with van der Waals surface area (Å²) in [6.45, 7) is 12.5. The van der Waals surface area contributed by atoms with E-state index in [2.05, 4.69) is 27.0 Å². The highest BCUT2D eigenvalue weighted by molar-refractivity contribution is 5.24. The van der Waals surface area contributed by atoms with Gasteiger partial charge in [0.25, 0.3) is 0 Å². The van der Waals surface area contributed by atoms with Crippen LogP contribution in [0.5, 0.6) is 0 Å². The molecule has 0 aromatic carbocycles. The van der Waals surface area contributed by atoms with Gasteiger partial charge in [-0.3, -0.25) is 0 Å². The highest BCUT2D eigenvalue weighted by Crippen LogP contribution is 2.18. The fourth-order valence-electron chi connectivity index (χ4n) is 1.13. The molecular formula is C12H22. The van der Waals surface area contributed by atoms with Crippen molar-refractivity contribution in [1.29, 1.82) is 0 Å². The lowest BCUT2D eigenvalue weighted by atomic mass is 9.99. The second kappa shape index (κ2) is 7.15. The van der Waals surface area contributed by atoms with Crippen molar-refractivity contribution in [1.82, 2.24) is 0 Å². The lowest BCUT2D eigenvalue weighted by Gasteiger charge is -2.07. The van der Waals surface area contributed by atoms with Crippen LogP contribution in [0.1, 0.15) is 52.4 Å². The third-order valence-corrected chi connectivity index (χ3v) is 2.16. The van der Waals surface area contributed by atoms with Crippen molar-refractivity contribution in [3.05, 3.63) is 24.3 Å². The van der Waals surface area contributed by atoms with Crippen LogP contribution in [0.25, 0.3) is 0 Å². The van der Waals surface area contributed by atoms with Crippen molar-refractivity contribution >= 4 is 0 Å². The van der Waals surface area contributed by atoms with Gasteiger partial charge in [0, 0.05) is 0 Å². The van der Waals surface area contributed by atoms with Crippen molar-refractivity contribution in [2.45, 2.75) is 52.4 Å². The molecule has 0 atom stereocenters. The minimum atomic E-state index is 1.14. The van der Waals surface area contributed by atoms with Crippen LogP contribution in [0.3, 0.4) is 0 Å². The van der Waals surface area contributed by atoms with Gasteiger partial charge < -0.3 is 0 Å². The summed E-state index contributed by atoms with van der Waals surface area (Å²) in [5.74, 6) is 0. The summed E-state index contributed by atoms with van der Waals surface area (Å²) < 4.78 is 0. The molecule has 0 N–H and O–H groups in total. The molecule has 0 saturated heterocycles. The van der Waals surface area contributed by atoms with Crippen LogP contribution in [0.15, 0.2) is 24.3 Å². The van der Waals surface area contributed by atoms with E-state index in [0.29, 0.717) is 0 Å².